The lowest BCUT2D eigenvalue weighted by molar-refractivity contribution is 0.998. The van der Waals surface area contributed by atoms with Crippen molar-refractivity contribution >= 4 is 23.0 Å². The third-order valence-electron chi connectivity index (χ3n) is 2.68. The molecule has 19 heavy (non-hydrogen) atoms. The fourth-order valence-electron chi connectivity index (χ4n) is 1.76. The Morgan fingerprint density at radius 3 is 2.58 bits per heavy atom. The number of anilines is 1. The first-order chi connectivity index (χ1) is 9.06. The highest BCUT2D eigenvalue weighted by Crippen LogP contribution is 2.14. The summed E-state index contributed by atoms with van der Waals surface area (Å²) in [7, 11) is 0. The normalized spacial score (nSPS) is 10.2. The molecule has 2 aromatic heterocycles. The highest BCUT2D eigenvalue weighted by molar-refractivity contribution is 7.80. The molecule has 0 saturated carbocycles. The van der Waals surface area contributed by atoms with E-state index >= 15 is 0 Å². The maximum atomic E-state index is 5.69. The molecule has 2 heterocycles. The average molecular weight is 272 g/mol. The predicted octanol–water partition coefficient (Wildman–Crippen LogP) is 2.34. The summed E-state index contributed by atoms with van der Waals surface area (Å²) < 4.78 is 0. The Hall–Kier alpha value is -2.01. The molecule has 0 amide bonds. The fraction of sp³-hybridized carbons (Fsp3) is 0.214. The Morgan fingerprint density at radius 2 is 1.89 bits per heavy atom. The van der Waals surface area contributed by atoms with Gasteiger partial charge in [0.2, 0.25) is 0 Å². The number of nitrogens with zero attached hydrogens (tertiary/aromatic N) is 2. The van der Waals surface area contributed by atoms with Crippen molar-refractivity contribution in [3.05, 3.63) is 53.0 Å². The van der Waals surface area contributed by atoms with Crippen LogP contribution in [0.4, 0.5) is 5.82 Å². The second kappa shape index (κ2) is 5.75. The number of aromatic nitrogens is 2. The summed E-state index contributed by atoms with van der Waals surface area (Å²) in [4.78, 5) is 9.20. The number of aryl methyl sites for hydroxylation is 2. The fourth-order valence-corrected chi connectivity index (χ4v) is 1.93. The molecular formula is C14H16N4S. The van der Waals surface area contributed by atoms with E-state index in [-0.39, 0.29) is 0 Å². The lowest BCUT2D eigenvalue weighted by Crippen LogP contribution is -2.15. The summed E-state index contributed by atoms with van der Waals surface area (Å²) in [6.07, 6.45) is 0. The number of nitrogens with two attached hydrogens (primary N) is 1. The van der Waals surface area contributed by atoms with Gasteiger partial charge in [0.05, 0.1) is 17.8 Å². The van der Waals surface area contributed by atoms with Crippen molar-refractivity contribution in [2.45, 2.75) is 20.4 Å². The molecule has 5 heteroatoms. The van der Waals surface area contributed by atoms with Crippen molar-refractivity contribution in [2.24, 2.45) is 5.73 Å². The van der Waals surface area contributed by atoms with E-state index < -0.39 is 0 Å². The van der Waals surface area contributed by atoms with Crippen LogP contribution in [0.2, 0.25) is 0 Å². The molecule has 0 saturated heterocycles. The number of rotatable bonds is 4. The van der Waals surface area contributed by atoms with Crippen LogP contribution >= 0.6 is 12.2 Å². The van der Waals surface area contributed by atoms with E-state index in [0.29, 0.717) is 17.4 Å². The number of thiocarbonyl (C=S) groups is 1. The largest absolute Gasteiger partial charge is 0.389 e. The molecule has 3 N–H and O–H groups in total. The van der Waals surface area contributed by atoms with Crippen molar-refractivity contribution in [2.75, 3.05) is 5.32 Å². The molecule has 0 aliphatic heterocycles. The van der Waals surface area contributed by atoms with Gasteiger partial charge < -0.3 is 11.1 Å². The first-order valence-corrected chi connectivity index (χ1v) is 6.41. The van der Waals surface area contributed by atoms with Crippen LogP contribution in [0.15, 0.2) is 30.3 Å². The molecule has 0 spiro atoms. The van der Waals surface area contributed by atoms with Crippen LogP contribution in [0.5, 0.6) is 0 Å². The van der Waals surface area contributed by atoms with Gasteiger partial charge in [0, 0.05) is 11.4 Å². The van der Waals surface area contributed by atoms with Gasteiger partial charge in [0.25, 0.3) is 0 Å². The van der Waals surface area contributed by atoms with Crippen LogP contribution in [0, 0.1) is 13.8 Å². The van der Waals surface area contributed by atoms with E-state index in [0.717, 1.165) is 22.6 Å². The Balaban J connectivity index is 2.19. The summed E-state index contributed by atoms with van der Waals surface area (Å²) in [5.41, 5.74) is 9.32. The summed E-state index contributed by atoms with van der Waals surface area (Å²) in [6.45, 7) is 4.49. The smallest absolute Gasteiger partial charge is 0.136 e. The predicted molar refractivity (Wildman–Crippen MR) is 81.2 cm³/mol. The van der Waals surface area contributed by atoms with Crippen molar-refractivity contribution in [1.29, 1.82) is 0 Å². The highest BCUT2D eigenvalue weighted by atomic mass is 32.1. The zero-order valence-corrected chi connectivity index (χ0v) is 11.8. The van der Waals surface area contributed by atoms with Crippen molar-refractivity contribution in [1.82, 2.24) is 9.97 Å². The first kappa shape index (κ1) is 13.4. The molecule has 2 rings (SSSR count). The molecule has 0 aliphatic rings. The summed E-state index contributed by atoms with van der Waals surface area (Å²) in [5, 5.41) is 3.24. The summed E-state index contributed by atoms with van der Waals surface area (Å²) in [6, 6.07) is 9.70. The SMILES string of the molecule is Cc1cccc(CNc2nc(C)ccc2C(N)=S)n1. The van der Waals surface area contributed by atoms with Crippen LogP contribution < -0.4 is 11.1 Å². The van der Waals surface area contributed by atoms with Gasteiger partial charge in [0.1, 0.15) is 10.8 Å². The Morgan fingerprint density at radius 1 is 1.16 bits per heavy atom. The summed E-state index contributed by atoms with van der Waals surface area (Å²) >= 11 is 5.03. The zero-order chi connectivity index (χ0) is 13.8. The van der Waals surface area contributed by atoms with Crippen LogP contribution in [0.25, 0.3) is 0 Å². The monoisotopic (exact) mass is 272 g/mol. The van der Waals surface area contributed by atoms with Gasteiger partial charge in [-0.25, -0.2) is 4.98 Å². The minimum absolute atomic E-state index is 0.340. The Bertz CT molecular complexity index is 610. The quantitative estimate of drug-likeness (QED) is 0.836. The van der Waals surface area contributed by atoms with Crippen LogP contribution in [0.1, 0.15) is 22.6 Å². The zero-order valence-electron chi connectivity index (χ0n) is 11.0. The molecule has 4 nitrogen and oxygen atoms in total. The summed E-state index contributed by atoms with van der Waals surface area (Å²) in [5.74, 6) is 0.704. The third kappa shape index (κ3) is 3.48. The molecule has 0 aliphatic carbocycles. The maximum Gasteiger partial charge on any atom is 0.136 e. The van der Waals surface area contributed by atoms with E-state index in [1.165, 1.54) is 0 Å². The van der Waals surface area contributed by atoms with Crippen LogP contribution in [0.3, 0.4) is 0 Å². The van der Waals surface area contributed by atoms with Gasteiger partial charge in [-0.3, -0.25) is 4.98 Å². The van der Waals surface area contributed by atoms with E-state index in [1.54, 1.807) is 0 Å². The van der Waals surface area contributed by atoms with Gasteiger partial charge in [-0.2, -0.15) is 0 Å². The molecule has 98 valence electrons. The molecule has 0 radical (unpaired) electrons. The number of pyridine rings is 2. The lowest BCUT2D eigenvalue weighted by Gasteiger charge is -2.11. The number of hydrogen-bond donors (Lipinski definition) is 2. The second-order valence-corrected chi connectivity index (χ2v) is 4.78. The molecule has 2 aromatic rings. The minimum Gasteiger partial charge on any atom is -0.389 e. The van der Waals surface area contributed by atoms with Gasteiger partial charge in [-0.1, -0.05) is 18.3 Å². The highest BCUT2D eigenvalue weighted by Gasteiger charge is 2.07. The van der Waals surface area contributed by atoms with Crippen LogP contribution in [-0.4, -0.2) is 15.0 Å². The topological polar surface area (TPSA) is 63.8 Å². The standard InChI is InChI=1S/C14H16N4S/c1-9-4-3-5-11(17-9)8-16-14-12(13(15)19)7-6-10(2)18-14/h3-7H,8H2,1-2H3,(H2,15,19)(H,16,18). The van der Waals surface area contributed by atoms with Gasteiger partial charge in [-0.15, -0.1) is 0 Å². The van der Waals surface area contributed by atoms with Gasteiger partial charge in [-0.05, 0) is 38.1 Å². The molecule has 0 aromatic carbocycles. The molecular weight excluding hydrogens is 256 g/mol. The average Bonchev–Trinajstić information content (AvgIpc) is 2.36. The Kier molecular flexibility index (Phi) is 4.06. The number of nitrogens with one attached hydrogen (secondary N) is 1. The first-order valence-electron chi connectivity index (χ1n) is 6.00. The maximum absolute atomic E-state index is 5.69. The van der Waals surface area contributed by atoms with E-state index in [1.807, 2.05) is 44.2 Å². The van der Waals surface area contributed by atoms with Crippen molar-refractivity contribution in [3.8, 4) is 0 Å². The molecule has 0 unspecified atom stereocenters. The van der Waals surface area contributed by atoms with E-state index in [9.17, 15) is 0 Å². The number of hydrogen-bond acceptors (Lipinski definition) is 4. The molecule has 0 fully saturated rings. The Labute approximate surface area is 118 Å². The molecule has 0 bridgehead atoms. The third-order valence-corrected chi connectivity index (χ3v) is 2.90. The van der Waals surface area contributed by atoms with Gasteiger partial charge >= 0.3 is 0 Å². The van der Waals surface area contributed by atoms with Crippen LogP contribution in [-0.2, 0) is 6.54 Å². The van der Waals surface area contributed by atoms with E-state index in [2.05, 4.69) is 15.3 Å². The van der Waals surface area contributed by atoms with Crippen molar-refractivity contribution in [3.63, 3.8) is 0 Å². The van der Waals surface area contributed by atoms with Gasteiger partial charge in [0.15, 0.2) is 0 Å². The van der Waals surface area contributed by atoms with E-state index in [4.69, 9.17) is 18.0 Å². The lowest BCUT2D eigenvalue weighted by atomic mass is 10.2. The van der Waals surface area contributed by atoms with Crippen molar-refractivity contribution < 1.29 is 0 Å². The second-order valence-electron chi connectivity index (χ2n) is 4.34. The molecule has 0 atom stereocenters. The minimum atomic E-state index is 0.340.